The van der Waals surface area contributed by atoms with E-state index in [4.69, 9.17) is 14.6 Å². The molecule has 2 saturated heterocycles. The maximum atomic E-state index is 15.5. The molecular weight excluding hydrogens is 683 g/mol. The van der Waals surface area contributed by atoms with Crippen LogP contribution in [0.25, 0.3) is 22.4 Å². The Labute approximate surface area is 305 Å². The number of nitrogens with one attached hydrogen (secondary N) is 2. The molecule has 0 bridgehead atoms. The largest absolute Gasteiger partial charge is 0.465 e. The molecule has 5 aromatic rings. The van der Waals surface area contributed by atoms with E-state index in [1.54, 1.807) is 34.1 Å². The number of benzene rings is 3. The molecule has 2 amide bonds. The molecule has 0 saturated carbocycles. The lowest BCUT2D eigenvalue weighted by molar-refractivity contribution is -0.284. The van der Waals surface area contributed by atoms with Crippen molar-refractivity contribution >= 4 is 17.7 Å². The number of imidazole rings is 1. The lowest BCUT2D eigenvalue weighted by Gasteiger charge is -2.29. The molecule has 276 valence electrons. The van der Waals surface area contributed by atoms with Crippen molar-refractivity contribution < 1.29 is 33.7 Å². The second kappa shape index (κ2) is 15.9. The van der Waals surface area contributed by atoms with E-state index in [2.05, 4.69) is 25.6 Å². The number of rotatable bonds is 13. The number of carboxylic acid groups (broad SMARTS) is 1. The SMILES string of the molecule is CC(C)[C@H](NC(=O)O)C(=O)N1CCC[C@H]1c1ncc(-c2ccc(-c3ccc(N4C[C@@H](Cn5cc(COCc6ccccc6)nn5)OO4)cc3F)cc2)[nH]1. The van der Waals surface area contributed by atoms with E-state index in [1.165, 1.54) is 11.1 Å². The van der Waals surface area contributed by atoms with E-state index >= 15 is 4.39 Å². The minimum absolute atomic E-state index is 0.205. The van der Waals surface area contributed by atoms with Gasteiger partial charge in [0, 0.05) is 18.2 Å². The fraction of sp³-hybridized carbons (Fsp3) is 0.342. The lowest BCUT2D eigenvalue weighted by atomic mass is 10.0. The summed E-state index contributed by atoms with van der Waals surface area (Å²) < 4.78 is 22.9. The van der Waals surface area contributed by atoms with Gasteiger partial charge in [0.05, 0.1) is 56.1 Å². The molecule has 2 fully saturated rings. The summed E-state index contributed by atoms with van der Waals surface area (Å²) in [4.78, 5) is 45.2. The van der Waals surface area contributed by atoms with Gasteiger partial charge in [-0.15, -0.1) is 10.1 Å². The van der Waals surface area contributed by atoms with Gasteiger partial charge in [-0.1, -0.05) is 73.7 Å². The van der Waals surface area contributed by atoms with Gasteiger partial charge in [-0.05, 0) is 47.6 Å². The van der Waals surface area contributed by atoms with Gasteiger partial charge in [-0.25, -0.2) is 28.8 Å². The second-order valence-corrected chi connectivity index (χ2v) is 13.5. The number of halogens is 1. The number of ether oxygens (including phenoxy) is 1. The molecule has 53 heavy (non-hydrogen) atoms. The van der Waals surface area contributed by atoms with Crippen LogP contribution in [0.4, 0.5) is 14.9 Å². The van der Waals surface area contributed by atoms with Crippen LogP contribution in [0.2, 0.25) is 0 Å². The molecule has 3 N–H and O–H groups in total. The molecule has 0 spiro atoms. The number of aromatic nitrogens is 5. The summed E-state index contributed by atoms with van der Waals surface area (Å²) in [5.74, 6) is -0.236. The summed E-state index contributed by atoms with van der Waals surface area (Å²) in [6, 6.07) is 21.1. The summed E-state index contributed by atoms with van der Waals surface area (Å²) >= 11 is 0. The Morgan fingerprint density at radius 2 is 1.87 bits per heavy atom. The standard InChI is InChI=1S/C38H41FN8O6/c1-24(2)35(42-38(49)50)37(48)46-16-6-9-34(46)36-40-18-33(41-36)27-12-10-26(11-13-27)31-15-14-29(17-32(31)39)47-21-30(52-53-47)20-45-19-28(43-44-45)23-51-22-25-7-4-3-5-8-25/h3-5,7-8,10-15,17-19,24,30,34-35,42H,6,9,16,20-23H2,1-2H3,(H,40,41)(H,49,50)/t30-,34+,35+/m1/s1. The molecule has 2 aliphatic heterocycles. The maximum Gasteiger partial charge on any atom is 0.405 e. The van der Waals surface area contributed by atoms with E-state index < -0.39 is 18.0 Å². The molecule has 2 aliphatic rings. The zero-order valence-electron chi connectivity index (χ0n) is 29.4. The van der Waals surface area contributed by atoms with E-state index in [0.29, 0.717) is 67.6 Å². The Morgan fingerprint density at radius 3 is 2.62 bits per heavy atom. The first kappa shape index (κ1) is 35.7. The van der Waals surface area contributed by atoms with Crippen LogP contribution in [0, 0.1) is 11.7 Å². The summed E-state index contributed by atoms with van der Waals surface area (Å²) in [5, 5.41) is 21.5. The lowest BCUT2D eigenvalue weighted by Crippen LogP contribution is -2.50. The van der Waals surface area contributed by atoms with Crippen LogP contribution in [0.3, 0.4) is 0 Å². The zero-order chi connectivity index (χ0) is 36.9. The number of hydroxylamine groups is 1. The fourth-order valence-corrected chi connectivity index (χ4v) is 6.66. The molecule has 3 atom stereocenters. The van der Waals surface area contributed by atoms with Gasteiger partial charge in [-0.2, -0.15) is 0 Å². The molecular formula is C38H41FN8O6. The van der Waals surface area contributed by atoms with Crippen LogP contribution < -0.4 is 10.4 Å². The Kier molecular flexibility index (Phi) is 10.8. The van der Waals surface area contributed by atoms with Crippen molar-refractivity contribution in [2.24, 2.45) is 5.92 Å². The number of hydrogen-bond acceptors (Lipinski definition) is 9. The van der Waals surface area contributed by atoms with Gasteiger partial charge in [0.2, 0.25) is 5.91 Å². The molecule has 4 heterocycles. The average Bonchev–Trinajstić information content (AvgIpc) is 3.99. The molecule has 7 rings (SSSR count). The minimum atomic E-state index is -1.23. The van der Waals surface area contributed by atoms with Crippen LogP contribution in [0.5, 0.6) is 0 Å². The van der Waals surface area contributed by atoms with E-state index in [1.807, 2.05) is 68.4 Å². The second-order valence-electron chi connectivity index (χ2n) is 13.5. The maximum absolute atomic E-state index is 15.5. The third-order valence-corrected chi connectivity index (χ3v) is 9.38. The van der Waals surface area contributed by atoms with Gasteiger partial charge < -0.3 is 25.0 Å². The Bertz CT molecular complexity index is 2020. The van der Waals surface area contributed by atoms with Crippen molar-refractivity contribution in [2.45, 2.75) is 64.6 Å². The number of aromatic amines is 1. The summed E-state index contributed by atoms with van der Waals surface area (Å²) in [7, 11) is 0. The highest BCUT2D eigenvalue weighted by Gasteiger charge is 2.37. The highest BCUT2D eigenvalue weighted by Crippen LogP contribution is 2.34. The number of H-pyrrole nitrogens is 1. The van der Waals surface area contributed by atoms with Crippen molar-refractivity contribution in [1.29, 1.82) is 0 Å². The number of anilines is 1. The number of hydrogen-bond donors (Lipinski definition) is 3. The van der Waals surface area contributed by atoms with E-state index in [-0.39, 0.29) is 24.0 Å². The van der Waals surface area contributed by atoms with Crippen molar-refractivity contribution in [1.82, 2.24) is 35.2 Å². The number of carbonyl (C=O) groups is 2. The predicted octanol–water partition coefficient (Wildman–Crippen LogP) is 5.90. The molecule has 14 nitrogen and oxygen atoms in total. The third kappa shape index (κ3) is 8.38. The first-order valence-electron chi connectivity index (χ1n) is 17.6. The van der Waals surface area contributed by atoms with E-state index in [0.717, 1.165) is 23.2 Å². The summed E-state index contributed by atoms with van der Waals surface area (Å²) in [5.41, 5.74) is 5.03. The first-order valence-corrected chi connectivity index (χ1v) is 17.6. The fourth-order valence-electron chi connectivity index (χ4n) is 6.66. The summed E-state index contributed by atoms with van der Waals surface area (Å²) in [6.45, 7) is 5.73. The smallest absolute Gasteiger partial charge is 0.405 e. The third-order valence-electron chi connectivity index (χ3n) is 9.38. The van der Waals surface area contributed by atoms with Gasteiger partial charge in [0.15, 0.2) is 0 Å². The normalized spacial score (nSPS) is 17.8. The van der Waals surface area contributed by atoms with Crippen LogP contribution >= 0.6 is 0 Å². The molecule has 3 aromatic carbocycles. The van der Waals surface area contributed by atoms with Crippen LogP contribution in [-0.2, 0) is 39.2 Å². The average molecular weight is 725 g/mol. The number of amides is 2. The van der Waals surface area contributed by atoms with Crippen molar-refractivity contribution in [3.63, 3.8) is 0 Å². The molecule has 0 unspecified atom stereocenters. The van der Waals surface area contributed by atoms with Gasteiger partial charge in [-0.3, -0.25) is 4.79 Å². The monoisotopic (exact) mass is 724 g/mol. The van der Waals surface area contributed by atoms with Crippen molar-refractivity contribution in [3.8, 4) is 22.4 Å². The van der Waals surface area contributed by atoms with Crippen LogP contribution in [0.1, 0.15) is 49.8 Å². The Balaban J connectivity index is 0.937. The highest BCUT2D eigenvalue weighted by molar-refractivity contribution is 5.86. The molecule has 2 aromatic heterocycles. The van der Waals surface area contributed by atoms with Gasteiger partial charge in [0.1, 0.15) is 29.5 Å². The minimum Gasteiger partial charge on any atom is -0.465 e. The topological polar surface area (TPSA) is 160 Å². The number of carbonyl (C=O) groups excluding carboxylic acids is 1. The van der Waals surface area contributed by atoms with Gasteiger partial charge >= 0.3 is 6.09 Å². The van der Waals surface area contributed by atoms with Crippen molar-refractivity contribution in [3.05, 3.63) is 108 Å². The summed E-state index contributed by atoms with van der Waals surface area (Å²) in [6.07, 6.45) is 3.44. The first-order chi connectivity index (χ1) is 25.7. The van der Waals surface area contributed by atoms with Crippen LogP contribution in [0.15, 0.2) is 85.2 Å². The number of nitrogens with zero attached hydrogens (tertiary/aromatic N) is 6. The zero-order valence-corrected chi connectivity index (χ0v) is 29.4. The highest BCUT2D eigenvalue weighted by atomic mass is 19.1. The molecule has 15 heteroatoms. The molecule has 0 radical (unpaired) electrons. The van der Waals surface area contributed by atoms with E-state index in [9.17, 15) is 14.7 Å². The number of likely N-dealkylation sites (tertiary alicyclic amines) is 1. The quantitative estimate of drug-likeness (QED) is 0.125. The predicted molar refractivity (Wildman–Crippen MR) is 191 cm³/mol. The molecule has 0 aliphatic carbocycles. The Hall–Kier alpha value is -5.64. The van der Waals surface area contributed by atoms with Gasteiger partial charge in [0.25, 0.3) is 0 Å². The Morgan fingerprint density at radius 1 is 1.08 bits per heavy atom. The van der Waals surface area contributed by atoms with Crippen molar-refractivity contribution in [2.75, 3.05) is 18.2 Å². The van der Waals surface area contributed by atoms with Crippen LogP contribution in [-0.4, -0.2) is 72.2 Å².